The summed E-state index contributed by atoms with van der Waals surface area (Å²) in [6.45, 7) is 1.80. The SMILES string of the molecule is c1ccc(COCC(CSc2ccccc2)OCc2ccccc2)cc1. The van der Waals surface area contributed by atoms with Crippen molar-refractivity contribution in [2.24, 2.45) is 0 Å². The van der Waals surface area contributed by atoms with Crippen LogP contribution in [-0.4, -0.2) is 18.5 Å². The highest BCUT2D eigenvalue weighted by Gasteiger charge is 2.11. The van der Waals surface area contributed by atoms with Gasteiger partial charge in [-0.05, 0) is 23.3 Å². The molecule has 3 heteroatoms. The molecule has 3 rings (SSSR count). The van der Waals surface area contributed by atoms with Crippen molar-refractivity contribution in [2.75, 3.05) is 12.4 Å². The van der Waals surface area contributed by atoms with E-state index in [0.29, 0.717) is 19.8 Å². The summed E-state index contributed by atoms with van der Waals surface area (Å²) in [5.41, 5.74) is 2.37. The number of hydrogen-bond donors (Lipinski definition) is 0. The molecule has 0 heterocycles. The van der Waals surface area contributed by atoms with Crippen molar-refractivity contribution in [2.45, 2.75) is 24.2 Å². The van der Waals surface area contributed by atoms with Crippen LogP contribution in [0.2, 0.25) is 0 Å². The Morgan fingerprint density at radius 1 is 0.654 bits per heavy atom. The number of benzene rings is 3. The van der Waals surface area contributed by atoms with E-state index in [1.807, 2.05) is 42.5 Å². The fraction of sp³-hybridized carbons (Fsp3) is 0.217. The summed E-state index contributed by atoms with van der Waals surface area (Å²) >= 11 is 1.80. The van der Waals surface area contributed by atoms with Crippen LogP contribution < -0.4 is 0 Å². The molecule has 0 aliphatic carbocycles. The fourth-order valence-corrected chi connectivity index (χ4v) is 3.44. The summed E-state index contributed by atoms with van der Waals surface area (Å²) in [7, 11) is 0. The molecule has 134 valence electrons. The van der Waals surface area contributed by atoms with E-state index in [4.69, 9.17) is 9.47 Å². The van der Waals surface area contributed by atoms with Crippen molar-refractivity contribution in [3.8, 4) is 0 Å². The first-order valence-corrected chi connectivity index (χ1v) is 9.84. The van der Waals surface area contributed by atoms with Gasteiger partial charge in [-0.25, -0.2) is 0 Å². The van der Waals surface area contributed by atoms with Gasteiger partial charge in [-0.2, -0.15) is 0 Å². The molecule has 1 unspecified atom stereocenters. The van der Waals surface area contributed by atoms with Crippen LogP contribution in [0.1, 0.15) is 11.1 Å². The minimum Gasteiger partial charge on any atom is -0.374 e. The summed E-state index contributed by atoms with van der Waals surface area (Å²) in [6, 6.07) is 31.0. The van der Waals surface area contributed by atoms with Crippen LogP contribution in [0, 0.1) is 0 Å². The maximum atomic E-state index is 6.14. The van der Waals surface area contributed by atoms with Gasteiger partial charge in [0.1, 0.15) is 0 Å². The van der Waals surface area contributed by atoms with Crippen molar-refractivity contribution < 1.29 is 9.47 Å². The normalized spacial score (nSPS) is 12.0. The second-order valence-corrected chi connectivity index (χ2v) is 7.14. The van der Waals surface area contributed by atoms with Gasteiger partial charge in [0.05, 0.1) is 25.9 Å². The number of rotatable bonds is 10. The van der Waals surface area contributed by atoms with Gasteiger partial charge in [0.2, 0.25) is 0 Å². The van der Waals surface area contributed by atoms with Gasteiger partial charge >= 0.3 is 0 Å². The second-order valence-electron chi connectivity index (χ2n) is 6.04. The summed E-state index contributed by atoms with van der Waals surface area (Å²) < 4.78 is 12.1. The van der Waals surface area contributed by atoms with Gasteiger partial charge in [0.25, 0.3) is 0 Å². The van der Waals surface area contributed by atoms with E-state index < -0.39 is 0 Å². The highest BCUT2D eigenvalue weighted by atomic mass is 32.2. The molecule has 0 bridgehead atoms. The molecule has 0 radical (unpaired) electrons. The van der Waals surface area contributed by atoms with Crippen LogP contribution in [0.4, 0.5) is 0 Å². The minimum absolute atomic E-state index is 0.0455. The Kier molecular flexibility index (Phi) is 7.78. The standard InChI is InChI=1S/C23H24O2S/c1-4-10-20(11-5-1)16-24-18-22(19-26-23-14-8-3-9-15-23)25-17-21-12-6-2-7-13-21/h1-15,22H,16-19H2. The van der Waals surface area contributed by atoms with E-state index in [1.165, 1.54) is 16.0 Å². The summed E-state index contributed by atoms with van der Waals surface area (Å²) in [5.74, 6) is 0.867. The molecule has 0 N–H and O–H groups in total. The predicted molar refractivity (Wildman–Crippen MR) is 108 cm³/mol. The zero-order valence-corrected chi connectivity index (χ0v) is 15.6. The smallest absolute Gasteiger partial charge is 0.0906 e. The molecule has 3 aromatic rings. The number of ether oxygens (including phenoxy) is 2. The van der Waals surface area contributed by atoms with E-state index in [9.17, 15) is 0 Å². The predicted octanol–water partition coefficient (Wildman–Crippen LogP) is 5.58. The first kappa shape index (κ1) is 18.7. The van der Waals surface area contributed by atoms with Gasteiger partial charge in [0.15, 0.2) is 0 Å². The molecular weight excluding hydrogens is 340 g/mol. The fourth-order valence-electron chi connectivity index (χ4n) is 2.52. The molecule has 0 aliphatic rings. The number of hydrogen-bond acceptors (Lipinski definition) is 3. The molecule has 3 aromatic carbocycles. The van der Waals surface area contributed by atoms with Crippen LogP contribution in [0.3, 0.4) is 0 Å². The maximum Gasteiger partial charge on any atom is 0.0906 e. The van der Waals surface area contributed by atoms with Crippen LogP contribution in [0.25, 0.3) is 0 Å². The lowest BCUT2D eigenvalue weighted by molar-refractivity contribution is -0.0173. The third-order valence-electron chi connectivity index (χ3n) is 3.92. The van der Waals surface area contributed by atoms with E-state index in [-0.39, 0.29) is 6.10 Å². The molecular formula is C23H24O2S. The summed E-state index contributed by atoms with van der Waals surface area (Å²) in [6.07, 6.45) is 0.0455. The van der Waals surface area contributed by atoms with E-state index >= 15 is 0 Å². The molecule has 0 aromatic heterocycles. The lowest BCUT2D eigenvalue weighted by Gasteiger charge is -2.18. The second kappa shape index (κ2) is 10.8. The third-order valence-corrected chi connectivity index (χ3v) is 5.07. The van der Waals surface area contributed by atoms with Gasteiger partial charge in [0, 0.05) is 10.6 Å². The Morgan fingerprint density at radius 2 is 1.19 bits per heavy atom. The quantitative estimate of drug-likeness (QED) is 0.438. The lowest BCUT2D eigenvalue weighted by atomic mass is 10.2. The highest BCUT2D eigenvalue weighted by Crippen LogP contribution is 2.20. The third kappa shape index (κ3) is 6.68. The Labute approximate surface area is 160 Å². The van der Waals surface area contributed by atoms with Crippen LogP contribution in [-0.2, 0) is 22.7 Å². The van der Waals surface area contributed by atoms with Gasteiger partial charge in [-0.3, -0.25) is 0 Å². The Bertz CT molecular complexity index is 688. The molecule has 26 heavy (non-hydrogen) atoms. The lowest BCUT2D eigenvalue weighted by Crippen LogP contribution is -2.22. The molecule has 0 spiro atoms. The van der Waals surface area contributed by atoms with Crippen molar-refractivity contribution in [1.29, 1.82) is 0 Å². The topological polar surface area (TPSA) is 18.5 Å². The van der Waals surface area contributed by atoms with Crippen LogP contribution >= 0.6 is 11.8 Å². The Morgan fingerprint density at radius 3 is 1.81 bits per heavy atom. The van der Waals surface area contributed by atoms with Gasteiger partial charge in [-0.15, -0.1) is 11.8 Å². The average molecular weight is 365 g/mol. The highest BCUT2D eigenvalue weighted by molar-refractivity contribution is 7.99. The monoisotopic (exact) mass is 364 g/mol. The van der Waals surface area contributed by atoms with Crippen molar-refractivity contribution >= 4 is 11.8 Å². The van der Waals surface area contributed by atoms with Crippen LogP contribution in [0.5, 0.6) is 0 Å². The Balaban J connectivity index is 1.51. The van der Waals surface area contributed by atoms with E-state index in [0.717, 1.165) is 5.75 Å². The molecule has 0 saturated heterocycles. The number of thioether (sulfide) groups is 1. The van der Waals surface area contributed by atoms with Gasteiger partial charge in [-0.1, -0.05) is 78.9 Å². The molecule has 1 atom stereocenters. The molecule has 0 saturated carbocycles. The minimum atomic E-state index is 0.0455. The first-order valence-electron chi connectivity index (χ1n) is 8.85. The summed E-state index contributed by atoms with van der Waals surface area (Å²) in [5, 5.41) is 0. The largest absolute Gasteiger partial charge is 0.374 e. The molecule has 0 aliphatic heterocycles. The Hall–Kier alpha value is -2.07. The van der Waals surface area contributed by atoms with Crippen molar-refractivity contribution in [1.82, 2.24) is 0 Å². The molecule has 2 nitrogen and oxygen atoms in total. The molecule has 0 amide bonds. The maximum absolute atomic E-state index is 6.14. The van der Waals surface area contributed by atoms with E-state index in [2.05, 4.69) is 48.5 Å². The first-order chi connectivity index (χ1) is 12.9. The molecule has 0 fully saturated rings. The van der Waals surface area contributed by atoms with Crippen molar-refractivity contribution in [3.63, 3.8) is 0 Å². The average Bonchev–Trinajstić information content (AvgIpc) is 2.72. The zero-order valence-electron chi connectivity index (χ0n) is 14.8. The van der Waals surface area contributed by atoms with E-state index in [1.54, 1.807) is 11.8 Å². The van der Waals surface area contributed by atoms with Gasteiger partial charge < -0.3 is 9.47 Å². The van der Waals surface area contributed by atoms with Crippen molar-refractivity contribution in [3.05, 3.63) is 102 Å². The summed E-state index contributed by atoms with van der Waals surface area (Å²) in [4.78, 5) is 1.25. The zero-order chi connectivity index (χ0) is 17.9. The van der Waals surface area contributed by atoms with Crippen LogP contribution in [0.15, 0.2) is 95.9 Å².